The van der Waals surface area contributed by atoms with Gasteiger partial charge in [-0.2, -0.15) is 4.98 Å². The molecule has 0 aliphatic carbocycles. The summed E-state index contributed by atoms with van der Waals surface area (Å²) in [5, 5.41) is 3.22. The Balaban J connectivity index is 2.14. The van der Waals surface area contributed by atoms with Crippen molar-refractivity contribution >= 4 is 40.9 Å². The first kappa shape index (κ1) is 19.0. The maximum atomic E-state index is 12.1. The van der Waals surface area contributed by atoms with Gasteiger partial charge in [0.1, 0.15) is 10.6 Å². The van der Waals surface area contributed by atoms with Crippen molar-refractivity contribution in [2.75, 3.05) is 17.7 Å². The van der Waals surface area contributed by atoms with Crippen LogP contribution in [0.2, 0.25) is 5.02 Å². The van der Waals surface area contributed by atoms with Crippen LogP contribution in [0.3, 0.4) is 0 Å². The van der Waals surface area contributed by atoms with Crippen molar-refractivity contribution in [3.63, 3.8) is 0 Å². The van der Waals surface area contributed by atoms with Gasteiger partial charge in [0.15, 0.2) is 0 Å². The van der Waals surface area contributed by atoms with Crippen LogP contribution in [0.15, 0.2) is 34.1 Å². The summed E-state index contributed by atoms with van der Waals surface area (Å²) < 4.78 is 4.98. The quantitative estimate of drug-likeness (QED) is 0.453. The van der Waals surface area contributed by atoms with Crippen molar-refractivity contribution in [1.29, 1.82) is 0 Å². The van der Waals surface area contributed by atoms with Crippen molar-refractivity contribution < 1.29 is 14.3 Å². The van der Waals surface area contributed by atoms with Gasteiger partial charge in [0.05, 0.1) is 23.1 Å². The fourth-order valence-corrected chi connectivity index (χ4v) is 3.04. The summed E-state index contributed by atoms with van der Waals surface area (Å²) in [6.45, 7) is 3.44. The van der Waals surface area contributed by atoms with Crippen molar-refractivity contribution in [3.05, 3.63) is 51.0 Å². The molecule has 2 aromatic rings. The fraction of sp³-hybridized carbons (Fsp3) is 0.250. The first-order valence-corrected chi connectivity index (χ1v) is 8.74. The van der Waals surface area contributed by atoms with Crippen LogP contribution >= 0.6 is 23.4 Å². The standard InChI is InChI=1S/C16H16ClN3O4S/c1-3-24-15(22)13-9(2)18-16(23)20-14(13)25-8-12(21)19-11-7-5-4-6-10(11)17/h4-7H,3,8H2,1-2H3,(H,19,21)(H,18,20,23). The zero-order valence-corrected chi connectivity index (χ0v) is 15.2. The summed E-state index contributed by atoms with van der Waals surface area (Å²) in [7, 11) is 0. The normalized spacial score (nSPS) is 10.4. The third-order valence-corrected chi connectivity index (χ3v) is 4.36. The Morgan fingerprint density at radius 1 is 1.36 bits per heavy atom. The SMILES string of the molecule is CCOC(=O)c1c(SCC(=O)Nc2ccccc2Cl)nc(=O)[nH]c1C. The molecule has 0 saturated heterocycles. The summed E-state index contributed by atoms with van der Waals surface area (Å²) >= 11 is 6.96. The third kappa shape index (κ3) is 5.07. The molecule has 1 heterocycles. The second-order valence-electron chi connectivity index (χ2n) is 4.88. The van der Waals surface area contributed by atoms with E-state index in [0.29, 0.717) is 16.4 Å². The number of amides is 1. The van der Waals surface area contributed by atoms with E-state index >= 15 is 0 Å². The lowest BCUT2D eigenvalue weighted by molar-refractivity contribution is -0.113. The fourth-order valence-electron chi connectivity index (χ4n) is 1.99. The lowest BCUT2D eigenvalue weighted by Crippen LogP contribution is -2.21. The number of ether oxygens (including phenoxy) is 1. The Morgan fingerprint density at radius 2 is 2.08 bits per heavy atom. The van der Waals surface area contributed by atoms with E-state index in [0.717, 1.165) is 11.8 Å². The van der Waals surface area contributed by atoms with Crippen LogP contribution in [-0.4, -0.2) is 34.2 Å². The Labute approximate surface area is 153 Å². The Bertz CT molecular complexity index is 854. The minimum Gasteiger partial charge on any atom is -0.462 e. The highest BCUT2D eigenvalue weighted by Gasteiger charge is 2.20. The maximum Gasteiger partial charge on any atom is 0.346 e. The number of carbonyl (C=O) groups is 2. The Morgan fingerprint density at radius 3 is 2.76 bits per heavy atom. The number of aromatic nitrogens is 2. The molecular formula is C16H16ClN3O4S. The molecule has 1 aromatic carbocycles. The number of thioether (sulfide) groups is 1. The second-order valence-corrected chi connectivity index (χ2v) is 6.26. The van der Waals surface area contributed by atoms with Crippen LogP contribution in [0.4, 0.5) is 5.69 Å². The number of nitrogens with zero attached hydrogens (tertiary/aromatic N) is 1. The van der Waals surface area contributed by atoms with E-state index in [1.54, 1.807) is 38.1 Å². The predicted molar refractivity (Wildman–Crippen MR) is 96.4 cm³/mol. The van der Waals surface area contributed by atoms with Gasteiger partial charge in [0.2, 0.25) is 5.91 Å². The monoisotopic (exact) mass is 381 g/mol. The molecule has 1 amide bonds. The van der Waals surface area contributed by atoms with Gasteiger partial charge in [-0.25, -0.2) is 9.59 Å². The summed E-state index contributed by atoms with van der Waals surface area (Å²) in [4.78, 5) is 42.0. The number of para-hydroxylation sites is 1. The zero-order valence-electron chi connectivity index (χ0n) is 13.6. The molecular weight excluding hydrogens is 366 g/mol. The van der Waals surface area contributed by atoms with Crippen LogP contribution in [0, 0.1) is 6.92 Å². The van der Waals surface area contributed by atoms with Crippen LogP contribution in [-0.2, 0) is 9.53 Å². The van der Waals surface area contributed by atoms with E-state index in [-0.39, 0.29) is 28.9 Å². The van der Waals surface area contributed by atoms with Gasteiger partial charge in [-0.05, 0) is 26.0 Å². The van der Waals surface area contributed by atoms with Crippen molar-refractivity contribution in [2.45, 2.75) is 18.9 Å². The van der Waals surface area contributed by atoms with Crippen molar-refractivity contribution in [2.24, 2.45) is 0 Å². The van der Waals surface area contributed by atoms with Crippen molar-refractivity contribution in [1.82, 2.24) is 9.97 Å². The zero-order chi connectivity index (χ0) is 18.4. The number of benzene rings is 1. The van der Waals surface area contributed by atoms with E-state index in [1.807, 2.05) is 0 Å². The number of aryl methyl sites for hydroxylation is 1. The van der Waals surface area contributed by atoms with Gasteiger partial charge in [-0.15, -0.1) is 0 Å². The molecule has 1 aromatic heterocycles. The molecule has 132 valence electrons. The lowest BCUT2D eigenvalue weighted by atomic mass is 10.2. The Hall–Kier alpha value is -2.32. The molecule has 0 unspecified atom stereocenters. The molecule has 0 spiro atoms. The molecule has 25 heavy (non-hydrogen) atoms. The number of halogens is 1. The van der Waals surface area contributed by atoms with Gasteiger partial charge < -0.3 is 15.0 Å². The first-order valence-electron chi connectivity index (χ1n) is 7.37. The average molecular weight is 382 g/mol. The molecule has 0 saturated carbocycles. The number of H-pyrrole nitrogens is 1. The molecule has 0 aliphatic rings. The highest BCUT2D eigenvalue weighted by atomic mass is 35.5. The largest absolute Gasteiger partial charge is 0.462 e. The second kappa shape index (κ2) is 8.68. The number of carbonyl (C=O) groups excluding carboxylic acids is 2. The first-order chi connectivity index (χ1) is 11.9. The number of aromatic amines is 1. The molecule has 9 heteroatoms. The van der Waals surface area contributed by atoms with Gasteiger partial charge in [0.25, 0.3) is 0 Å². The van der Waals surface area contributed by atoms with Gasteiger partial charge >= 0.3 is 11.7 Å². The maximum absolute atomic E-state index is 12.1. The van der Waals surface area contributed by atoms with Gasteiger partial charge in [-0.1, -0.05) is 35.5 Å². The molecule has 7 nitrogen and oxygen atoms in total. The van der Waals surface area contributed by atoms with Gasteiger partial charge in [-0.3, -0.25) is 4.79 Å². The lowest BCUT2D eigenvalue weighted by Gasteiger charge is -2.10. The molecule has 0 bridgehead atoms. The van der Waals surface area contributed by atoms with Crippen LogP contribution in [0.1, 0.15) is 23.0 Å². The van der Waals surface area contributed by atoms with Gasteiger partial charge in [0, 0.05) is 5.69 Å². The molecule has 0 fully saturated rings. The minimum absolute atomic E-state index is 0.0481. The van der Waals surface area contributed by atoms with Crippen molar-refractivity contribution in [3.8, 4) is 0 Å². The average Bonchev–Trinajstić information content (AvgIpc) is 2.54. The summed E-state index contributed by atoms with van der Waals surface area (Å²) in [6, 6.07) is 6.83. The number of hydrogen-bond acceptors (Lipinski definition) is 6. The molecule has 2 rings (SSSR count). The number of anilines is 1. The smallest absolute Gasteiger partial charge is 0.346 e. The predicted octanol–water partition coefficient (Wildman–Crippen LogP) is 2.64. The van der Waals surface area contributed by atoms with Crippen LogP contribution in [0.5, 0.6) is 0 Å². The van der Waals surface area contributed by atoms with Crippen LogP contribution < -0.4 is 11.0 Å². The summed E-state index contributed by atoms with van der Waals surface area (Å²) in [6.07, 6.45) is 0. The third-order valence-electron chi connectivity index (χ3n) is 3.05. The molecule has 0 radical (unpaired) electrons. The summed E-state index contributed by atoms with van der Waals surface area (Å²) in [5.74, 6) is -0.988. The van der Waals surface area contributed by atoms with E-state index in [2.05, 4.69) is 15.3 Å². The summed E-state index contributed by atoms with van der Waals surface area (Å²) in [5.41, 5.74) is 0.374. The number of nitrogens with one attached hydrogen (secondary N) is 2. The van der Waals surface area contributed by atoms with Crippen LogP contribution in [0.25, 0.3) is 0 Å². The minimum atomic E-state index is -0.599. The number of rotatable bonds is 6. The van der Waals surface area contributed by atoms with E-state index < -0.39 is 11.7 Å². The van der Waals surface area contributed by atoms with E-state index in [9.17, 15) is 14.4 Å². The topological polar surface area (TPSA) is 101 Å². The number of hydrogen-bond donors (Lipinski definition) is 2. The molecule has 0 aliphatic heterocycles. The van der Waals surface area contributed by atoms with E-state index in [1.165, 1.54) is 0 Å². The van der Waals surface area contributed by atoms with E-state index in [4.69, 9.17) is 16.3 Å². The molecule has 2 N–H and O–H groups in total. The highest BCUT2D eigenvalue weighted by molar-refractivity contribution is 8.00. The Kier molecular flexibility index (Phi) is 6.60. The number of esters is 1. The highest BCUT2D eigenvalue weighted by Crippen LogP contribution is 2.24. The molecule has 0 atom stereocenters.